The van der Waals surface area contributed by atoms with Gasteiger partial charge in [0, 0.05) is 36.9 Å². The lowest BCUT2D eigenvalue weighted by molar-refractivity contribution is -0.122. The van der Waals surface area contributed by atoms with Crippen molar-refractivity contribution < 1.29 is 4.79 Å². The fourth-order valence-corrected chi connectivity index (χ4v) is 3.53. The lowest BCUT2D eigenvalue weighted by Crippen LogP contribution is -2.52. The zero-order chi connectivity index (χ0) is 19.9. The van der Waals surface area contributed by atoms with Gasteiger partial charge in [-0.1, -0.05) is 41.4 Å². The zero-order valence-corrected chi connectivity index (χ0v) is 17.4. The first-order valence-corrected chi connectivity index (χ1v) is 10.0. The van der Waals surface area contributed by atoms with E-state index in [-0.39, 0.29) is 11.0 Å². The third kappa shape index (κ3) is 5.97. The van der Waals surface area contributed by atoms with E-state index in [1.807, 2.05) is 18.2 Å². The van der Waals surface area contributed by atoms with Gasteiger partial charge in [-0.15, -0.1) is 0 Å². The molecule has 28 heavy (non-hydrogen) atoms. The van der Waals surface area contributed by atoms with Crippen LogP contribution in [0.4, 0.5) is 11.4 Å². The SMILES string of the molecule is O=C(CN1CCN(c2ccccc2)CC1)NNC(=S)Nc1ccc(Cl)cc1Cl. The molecule has 2 aromatic rings. The number of thiocarbonyl (C=S) groups is 1. The summed E-state index contributed by atoms with van der Waals surface area (Å²) in [7, 11) is 0. The minimum absolute atomic E-state index is 0.153. The van der Waals surface area contributed by atoms with Crippen molar-refractivity contribution in [2.24, 2.45) is 0 Å². The summed E-state index contributed by atoms with van der Waals surface area (Å²) in [6, 6.07) is 15.3. The zero-order valence-electron chi connectivity index (χ0n) is 15.1. The minimum atomic E-state index is -0.153. The molecule has 0 aliphatic carbocycles. The average molecular weight is 438 g/mol. The van der Waals surface area contributed by atoms with E-state index >= 15 is 0 Å². The van der Waals surface area contributed by atoms with Crippen molar-refractivity contribution in [2.75, 3.05) is 42.9 Å². The van der Waals surface area contributed by atoms with E-state index < -0.39 is 0 Å². The Morgan fingerprint density at radius 3 is 2.39 bits per heavy atom. The summed E-state index contributed by atoms with van der Waals surface area (Å²) in [5.74, 6) is -0.153. The predicted octanol–water partition coefficient (Wildman–Crippen LogP) is 3.13. The number of hydrazine groups is 1. The van der Waals surface area contributed by atoms with Gasteiger partial charge in [0.05, 0.1) is 17.3 Å². The molecular weight excluding hydrogens is 417 g/mol. The summed E-state index contributed by atoms with van der Waals surface area (Å²) in [6.07, 6.45) is 0. The molecule has 1 amide bonds. The molecule has 3 rings (SSSR count). The van der Waals surface area contributed by atoms with E-state index in [4.69, 9.17) is 35.4 Å². The quantitative estimate of drug-likeness (QED) is 0.504. The number of hydrogen-bond donors (Lipinski definition) is 3. The monoisotopic (exact) mass is 437 g/mol. The molecule has 0 atom stereocenters. The number of anilines is 2. The van der Waals surface area contributed by atoms with E-state index in [0.29, 0.717) is 22.3 Å². The molecule has 6 nitrogen and oxygen atoms in total. The van der Waals surface area contributed by atoms with Crippen LogP contribution in [0.3, 0.4) is 0 Å². The molecule has 0 radical (unpaired) electrons. The lowest BCUT2D eigenvalue weighted by atomic mass is 10.2. The normalized spacial score (nSPS) is 14.4. The highest BCUT2D eigenvalue weighted by molar-refractivity contribution is 7.80. The van der Waals surface area contributed by atoms with Gasteiger partial charge in [-0.2, -0.15) is 0 Å². The number of amides is 1. The number of nitrogens with one attached hydrogen (secondary N) is 3. The van der Waals surface area contributed by atoms with Crippen LogP contribution in [0, 0.1) is 0 Å². The van der Waals surface area contributed by atoms with Crippen molar-refractivity contribution in [3.63, 3.8) is 0 Å². The van der Waals surface area contributed by atoms with Gasteiger partial charge >= 0.3 is 0 Å². The van der Waals surface area contributed by atoms with Gasteiger partial charge in [0.1, 0.15) is 0 Å². The first-order chi connectivity index (χ1) is 13.5. The first kappa shape index (κ1) is 20.7. The second kappa shape index (κ2) is 9.93. The molecule has 1 aliphatic rings. The second-order valence-corrected chi connectivity index (χ2v) is 7.60. The van der Waals surface area contributed by atoms with Crippen LogP contribution in [0.2, 0.25) is 10.0 Å². The lowest BCUT2D eigenvalue weighted by Gasteiger charge is -2.35. The Kier molecular flexibility index (Phi) is 7.33. The number of halogens is 2. The summed E-state index contributed by atoms with van der Waals surface area (Å²) < 4.78 is 0. The molecule has 0 unspecified atom stereocenters. The van der Waals surface area contributed by atoms with E-state index in [9.17, 15) is 4.79 Å². The van der Waals surface area contributed by atoms with Crippen LogP contribution in [-0.4, -0.2) is 48.6 Å². The van der Waals surface area contributed by atoms with Crippen LogP contribution < -0.4 is 21.1 Å². The van der Waals surface area contributed by atoms with E-state index in [0.717, 1.165) is 26.2 Å². The number of benzene rings is 2. The number of piperazine rings is 1. The van der Waals surface area contributed by atoms with Gasteiger partial charge in [-0.05, 0) is 42.5 Å². The Bertz CT molecular complexity index is 828. The third-order valence-corrected chi connectivity index (χ3v) is 5.11. The molecule has 1 heterocycles. The van der Waals surface area contributed by atoms with Gasteiger partial charge in [-0.25, -0.2) is 0 Å². The van der Waals surface area contributed by atoms with E-state index in [1.54, 1.807) is 18.2 Å². The van der Waals surface area contributed by atoms with E-state index in [2.05, 4.69) is 38.1 Å². The van der Waals surface area contributed by atoms with Crippen LogP contribution in [0.1, 0.15) is 0 Å². The molecule has 1 fully saturated rings. The number of rotatable bonds is 4. The number of carbonyl (C=O) groups excluding carboxylic acids is 1. The Morgan fingerprint density at radius 2 is 1.71 bits per heavy atom. The van der Waals surface area contributed by atoms with Crippen LogP contribution >= 0.6 is 35.4 Å². The molecule has 2 aromatic carbocycles. The van der Waals surface area contributed by atoms with Crippen LogP contribution in [0.5, 0.6) is 0 Å². The molecular formula is C19H21Cl2N5OS. The minimum Gasteiger partial charge on any atom is -0.369 e. The third-order valence-electron chi connectivity index (χ3n) is 4.36. The molecule has 0 spiro atoms. The van der Waals surface area contributed by atoms with Crippen molar-refractivity contribution in [2.45, 2.75) is 0 Å². The van der Waals surface area contributed by atoms with Crippen molar-refractivity contribution in [3.8, 4) is 0 Å². The second-order valence-electron chi connectivity index (χ2n) is 6.35. The summed E-state index contributed by atoms with van der Waals surface area (Å²) in [6.45, 7) is 3.73. The topological polar surface area (TPSA) is 59.6 Å². The maximum atomic E-state index is 12.2. The molecule has 1 aliphatic heterocycles. The van der Waals surface area contributed by atoms with Crippen molar-refractivity contribution >= 4 is 57.8 Å². The van der Waals surface area contributed by atoms with Crippen molar-refractivity contribution in [1.29, 1.82) is 0 Å². The fraction of sp³-hybridized carbons (Fsp3) is 0.263. The van der Waals surface area contributed by atoms with Crippen LogP contribution in [-0.2, 0) is 4.79 Å². The predicted molar refractivity (Wildman–Crippen MR) is 119 cm³/mol. The first-order valence-electron chi connectivity index (χ1n) is 8.84. The molecule has 148 valence electrons. The summed E-state index contributed by atoms with van der Waals surface area (Å²) in [4.78, 5) is 16.6. The number of hydrogen-bond acceptors (Lipinski definition) is 4. The highest BCUT2D eigenvalue weighted by atomic mass is 35.5. The Balaban J connectivity index is 1.38. The van der Waals surface area contributed by atoms with Crippen molar-refractivity contribution in [1.82, 2.24) is 15.8 Å². The largest absolute Gasteiger partial charge is 0.369 e. The van der Waals surface area contributed by atoms with Gasteiger partial charge < -0.3 is 10.2 Å². The van der Waals surface area contributed by atoms with Gasteiger partial charge in [0.15, 0.2) is 5.11 Å². The summed E-state index contributed by atoms with van der Waals surface area (Å²) in [5, 5.41) is 4.14. The highest BCUT2D eigenvalue weighted by Crippen LogP contribution is 2.25. The molecule has 3 N–H and O–H groups in total. The number of para-hydroxylation sites is 1. The van der Waals surface area contributed by atoms with E-state index in [1.165, 1.54) is 5.69 Å². The summed E-state index contributed by atoms with van der Waals surface area (Å²) >= 11 is 17.1. The van der Waals surface area contributed by atoms with Gasteiger partial charge in [-0.3, -0.25) is 20.5 Å². The smallest absolute Gasteiger partial charge is 0.252 e. The molecule has 9 heteroatoms. The number of nitrogens with zero attached hydrogens (tertiary/aromatic N) is 2. The molecule has 0 bridgehead atoms. The van der Waals surface area contributed by atoms with Gasteiger partial charge in [0.25, 0.3) is 5.91 Å². The van der Waals surface area contributed by atoms with Crippen molar-refractivity contribution in [3.05, 3.63) is 58.6 Å². The maximum Gasteiger partial charge on any atom is 0.252 e. The average Bonchev–Trinajstić information content (AvgIpc) is 2.70. The Hall–Kier alpha value is -2.06. The maximum absolute atomic E-state index is 12.2. The standard InChI is InChI=1S/C19H21Cl2N5OS/c20-14-6-7-17(16(21)12-14)22-19(28)24-23-18(27)13-25-8-10-26(11-9-25)15-4-2-1-3-5-15/h1-7,12H,8-11,13H2,(H,23,27)(H2,22,24,28). The van der Waals surface area contributed by atoms with Gasteiger partial charge in [0.2, 0.25) is 0 Å². The highest BCUT2D eigenvalue weighted by Gasteiger charge is 2.19. The molecule has 1 saturated heterocycles. The Labute approximate surface area is 179 Å². The van der Waals surface area contributed by atoms with Crippen LogP contribution in [0.15, 0.2) is 48.5 Å². The molecule has 0 aromatic heterocycles. The summed E-state index contributed by atoms with van der Waals surface area (Å²) in [5.41, 5.74) is 7.12. The fourth-order valence-electron chi connectivity index (χ4n) is 2.92. The van der Waals surface area contributed by atoms with Crippen LogP contribution in [0.25, 0.3) is 0 Å². The Morgan fingerprint density at radius 1 is 1.00 bits per heavy atom. The molecule has 0 saturated carbocycles. The number of carbonyl (C=O) groups is 1.